The van der Waals surface area contributed by atoms with Gasteiger partial charge in [-0.1, -0.05) is 18.2 Å². The second-order valence-electron chi connectivity index (χ2n) is 3.43. The first-order chi connectivity index (χ1) is 7.66. The average molecular weight is 235 g/mol. The lowest BCUT2D eigenvalue weighted by atomic mass is 10.1. The van der Waals surface area contributed by atoms with Gasteiger partial charge < -0.3 is 0 Å². The van der Waals surface area contributed by atoms with Crippen LogP contribution in [0.15, 0.2) is 30.5 Å². The predicted octanol–water partition coefficient (Wildman–Crippen LogP) is 3.02. The van der Waals surface area contributed by atoms with Crippen molar-refractivity contribution < 1.29 is 9.18 Å². The Morgan fingerprint density at radius 1 is 1.44 bits per heavy atom. The zero-order chi connectivity index (χ0) is 11.5. The number of aryl methyl sites for hydroxylation is 1. The molecule has 0 saturated carbocycles. The number of hydrogen-bond acceptors (Lipinski definition) is 3. The van der Waals surface area contributed by atoms with Crippen LogP contribution in [0.1, 0.15) is 20.2 Å². The van der Waals surface area contributed by atoms with E-state index in [1.807, 2.05) is 6.92 Å². The van der Waals surface area contributed by atoms with Gasteiger partial charge in [0.05, 0.1) is 9.88 Å². The number of rotatable bonds is 3. The maximum absolute atomic E-state index is 13.3. The van der Waals surface area contributed by atoms with Crippen LogP contribution in [0, 0.1) is 12.7 Å². The molecule has 0 amide bonds. The molecule has 0 aliphatic carbocycles. The zero-order valence-corrected chi connectivity index (χ0v) is 9.55. The molecule has 0 saturated heterocycles. The minimum Gasteiger partial charge on any atom is -0.293 e. The quantitative estimate of drug-likeness (QED) is 0.765. The molecule has 1 aromatic carbocycles. The van der Waals surface area contributed by atoms with E-state index >= 15 is 0 Å². The van der Waals surface area contributed by atoms with E-state index in [9.17, 15) is 9.18 Å². The second kappa shape index (κ2) is 4.53. The standard InChI is InChI=1S/C12H10FNOS/c1-8-14-7-12(16-8)11(15)6-9-4-2-3-5-10(9)13/h2-5,7H,6H2,1H3. The number of hydrogen-bond donors (Lipinski definition) is 0. The zero-order valence-electron chi connectivity index (χ0n) is 8.74. The van der Waals surface area contributed by atoms with Crippen molar-refractivity contribution >= 4 is 17.1 Å². The number of ketones is 1. The molecule has 82 valence electrons. The van der Waals surface area contributed by atoms with Crippen LogP contribution in [0.4, 0.5) is 4.39 Å². The number of benzene rings is 1. The predicted molar refractivity (Wildman–Crippen MR) is 61.3 cm³/mol. The van der Waals surface area contributed by atoms with Crippen molar-refractivity contribution in [2.45, 2.75) is 13.3 Å². The fraction of sp³-hybridized carbons (Fsp3) is 0.167. The fourth-order valence-corrected chi connectivity index (χ4v) is 2.11. The highest BCUT2D eigenvalue weighted by molar-refractivity contribution is 7.13. The molecule has 16 heavy (non-hydrogen) atoms. The van der Waals surface area contributed by atoms with E-state index in [2.05, 4.69) is 4.98 Å². The molecule has 0 unspecified atom stereocenters. The Morgan fingerprint density at radius 2 is 2.19 bits per heavy atom. The van der Waals surface area contributed by atoms with E-state index in [0.29, 0.717) is 10.4 Å². The van der Waals surface area contributed by atoms with Crippen LogP contribution in [-0.2, 0) is 6.42 Å². The molecule has 0 N–H and O–H groups in total. The van der Waals surface area contributed by atoms with Crippen molar-refractivity contribution in [1.29, 1.82) is 0 Å². The van der Waals surface area contributed by atoms with Crippen molar-refractivity contribution in [2.24, 2.45) is 0 Å². The number of carbonyl (C=O) groups excluding carboxylic acids is 1. The second-order valence-corrected chi connectivity index (χ2v) is 4.67. The van der Waals surface area contributed by atoms with Gasteiger partial charge in [-0.2, -0.15) is 0 Å². The highest BCUT2D eigenvalue weighted by Crippen LogP contribution is 2.16. The van der Waals surface area contributed by atoms with Gasteiger partial charge in [-0.3, -0.25) is 4.79 Å². The lowest BCUT2D eigenvalue weighted by molar-refractivity contribution is 0.0995. The van der Waals surface area contributed by atoms with E-state index in [4.69, 9.17) is 0 Å². The molecule has 0 aliphatic rings. The van der Waals surface area contributed by atoms with Crippen LogP contribution in [0.2, 0.25) is 0 Å². The van der Waals surface area contributed by atoms with Gasteiger partial charge in [0, 0.05) is 12.6 Å². The molecule has 1 heterocycles. The molecule has 2 rings (SSSR count). The van der Waals surface area contributed by atoms with Gasteiger partial charge in [0.2, 0.25) is 0 Å². The first-order valence-electron chi connectivity index (χ1n) is 4.86. The number of halogens is 1. The summed E-state index contributed by atoms with van der Waals surface area (Å²) in [6.45, 7) is 1.84. The Morgan fingerprint density at radius 3 is 2.81 bits per heavy atom. The maximum Gasteiger partial charge on any atom is 0.178 e. The minimum absolute atomic E-state index is 0.0873. The molecule has 0 spiro atoms. The molecule has 0 radical (unpaired) electrons. The normalized spacial score (nSPS) is 10.4. The minimum atomic E-state index is -0.336. The summed E-state index contributed by atoms with van der Waals surface area (Å²) in [4.78, 5) is 16.4. The molecular formula is C12H10FNOS. The van der Waals surface area contributed by atoms with Crippen LogP contribution in [0.25, 0.3) is 0 Å². The van der Waals surface area contributed by atoms with Gasteiger partial charge in [-0.25, -0.2) is 9.37 Å². The topological polar surface area (TPSA) is 30.0 Å². The average Bonchev–Trinajstić information content (AvgIpc) is 2.68. The Hall–Kier alpha value is -1.55. The summed E-state index contributed by atoms with van der Waals surface area (Å²) in [5, 5.41) is 0.844. The Balaban J connectivity index is 2.17. The van der Waals surface area contributed by atoms with E-state index in [1.54, 1.807) is 24.4 Å². The van der Waals surface area contributed by atoms with Crippen molar-refractivity contribution in [1.82, 2.24) is 4.98 Å². The summed E-state index contributed by atoms with van der Waals surface area (Å²) in [5.74, 6) is -0.423. The lowest BCUT2D eigenvalue weighted by Crippen LogP contribution is -2.03. The third kappa shape index (κ3) is 2.33. The van der Waals surface area contributed by atoms with E-state index in [-0.39, 0.29) is 18.0 Å². The van der Waals surface area contributed by atoms with Crippen molar-refractivity contribution in [2.75, 3.05) is 0 Å². The molecule has 0 atom stereocenters. The van der Waals surface area contributed by atoms with E-state index in [1.165, 1.54) is 17.4 Å². The highest BCUT2D eigenvalue weighted by atomic mass is 32.1. The third-order valence-electron chi connectivity index (χ3n) is 2.20. The molecule has 0 bridgehead atoms. The monoisotopic (exact) mass is 235 g/mol. The van der Waals surface area contributed by atoms with Crippen molar-refractivity contribution in [3.63, 3.8) is 0 Å². The number of aromatic nitrogens is 1. The van der Waals surface area contributed by atoms with Crippen LogP contribution in [-0.4, -0.2) is 10.8 Å². The molecule has 4 heteroatoms. The Kier molecular flexibility index (Phi) is 3.10. The summed E-state index contributed by atoms with van der Waals surface area (Å²) in [6, 6.07) is 6.32. The summed E-state index contributed by atoms with van der Waals surface area (Å²) in [7, 11) is 0. The van der Waals surface area contributed by atoms with Gasteiger partial charge in [-0.05, 0) is 18.6 Å². The summed E-state index contributed by atoms with van der Waals surface area (Å²) in [6.07, 6.45) is 1.64. The highest BCUT2D eigenvalue weighted by Gasteiger charge is 2.12. The molecule has 2 aromatic rings. The van der Waals surface area contributed by atoms with Crippen LogP contribution in [0.3, 0.4) is 0 Å². The third-order valence-corrected chi connectivity index (χ3v) is 3.16. The first kappa shape index (κ1) is 11.0. The number of Topliss-reactive ketones (excluding diaryl/α,β-unsaturated/α-hetero) is 1. The number of nitrogens with zero attached hydrogens (tertiary/aromatic N) is 1. The maximum atomic E-state index is 13.3. The van der Waals surface area contributed by atoms with Crippen LogP contribution >= 0.6 is 11.3 Å². The largest absolute Gasteiger partial charge is 0.293 e. The Labute approximate surface area is 96.8 Å². The molecule has 0 fully saturated rings. The van der Waals surface area contributed by atoms with Crippen LogP contribution < -0.4 is 0 Å². The number of carbonyl (C=O) groups is 1. The first-order valence-corrected chi connectivity index (χ1v) is 5.67. The van der Waals surface area contributed by atoms with Gasteiger partial charge in [0.1, 0.15) is 5.82 Å². The van der Waals surface area contributed by atoms with Crippen molar-refractivity contribution in [3.8, 4) is 0 Å². The van der Waals surface area contributed by atoms with Gasteiger partial charge in [0.15, 0.2) is 5.78 Å². The Bertz CT molecular complexity index is 521. The van der Waals surface area contributed by atoms with Crippen molar-refractivity contribution in [3.05, 3.63) is 51.7 Å². The van der Waals surface area contributed by atoms with E-state index < -0.39 is 0 Å². The van der Waals surface area contributed by atoms with Gasteiger partial charge >= 0.3 is 0 Å². The molecule has 1 aromatic heterocycles. The van der Waals surface area contributed by atoms with Crippen LogP contribution in [0.5, 0.6) is 0 Å². The smallest absolute Gasteiger partial charge is 0.178 e. The number of thiazole rings is 1. The van der Waals surface area contributed by atoms with Gasteiger partial charge in [0.25, 0.3) is 0 Å². The van der Waals surface area contributed by atoms with E-state index in [0.717, 1.165) is 5.01 Å². The molecular weight excluding hydrogens is 225 g/mol. The fourth-order valence-electron chi connectivity index (χ4n) is 1.39. The molecule has 2 nitrogen and oxygen atoms in total. The summed E-state index contributed by atoms with van der Waals surface area (Å²) in [5.41, 5.74) is 0.429. The lowest BCUT2D eigenvalue weighted by Gasteiger charge is -2.00. The summed E-state index contributed by atoms with van der Waals surface area (Å²) < 4.78 is 13.3. The SMILES string of the molecule is Cc1ncc(C(=O)Cc2ccccc2F)s1. The van der Waals surface area contributed by atoms with Gasteiger partial charge in [-0.15, -0.1) is 11.3 Å². The molecule has 0 aliphatic heterocycles. The summed E-state index contributed by atoms with van der Waals surface area (Å²) >= 11 is 1.34.